The van der Waals surface area contributed by atoms with Crippen LogP contribution in [0.1, 0.15) is 5.56 Å². The zero-order valence-corrected chi connectivity index (χ0v) is 10.1. The van der Waals surface area contributed by atoms with Gasteiger partial charge in [-0.15, -0.1) is 0 Å². The number of phenols is 1. The molecule has 0 aliphatic heterocycles. The van der Waals surface area contributed by atoms with Crippen LogP contribution in [-0.2, 0) is 6.18 Å². The largest absolute Gasteiger partial charge is 0.507 e. The minimum atomic E-state index is -4.80. The number of hydrogen-bond donors (Lipinski definition) is 1. The van der Waals surface area contributed by atoms with Crippen molar-refractivity contribution in [3.05, 3.63) is 52.8 Å². The number of hydrogen-bond acceptors (Lipinski definition) is 1. The monoisotopic (exact) mass is 290 g/mol. The fraction of sp³-hybridized carbons (Fsp3) is 0.0769. The molecule has 2 aromatic carbocycles. The second kappa shape index (κ2) is 4.74. The first-order chi connectivity index (χ1) is 8.79. The summed E-state index contributed by atoms with van der Waals surface area (Å²) in [5.74, 6) is -1.60. The van der Waals surface area contributed by atoms with Gasteiger partial charge in [-0.1, -0.05) is 17.7 Å². The van der Waals surface area contributed by atoms with Gasteiger partial charge >= 0.3 is 6.18 Å². The average molecular weight is 291 g/mol. The number of benzene rings is 2. The SMILES string of the molecule is Oc1ccc(Cl)cc1-c1ccc(F)c(C(F)(F)F)c1. The lowest BCUT2D eigenvalue weighted by atomic mass is 10.0. The van der Waals surface area contributed by atoms with Crippen LogP contribution in [0.3, 0.4) is 0 Å². The molecular weight excluding hydrogens is 284 g/mol. The van der Waals surface area contributed by atoms with E-state index in [1.165, 1.54) is 18.2 Å². The third kappa shape index (κ3) is 2.81. The summed E-state index contributed by atoms with van der Waals surface area (Å²) in [7, 11) is 0. The molecule has 0 heterocycles. The van der Waals surface area contributed by atoms with Crippen LogP contribution in [-0.4, -0.2) is 5.11 Å². The highest BCUT2D eigenvalue weighted by Gasteiger charge is 2.34. The van der Waals surface area contributed by atoms with Crippen molar-refractivity contribution in [2.75, 3.05) is 0 Å². The smallest absolute Gasteiger partial charge is 0.419 e. The maximum Gasteiger partial charge on any atom is 0.419 e. The summed E-state index contributed by atoms with van der Waals surface area (Å²) in [5, 5.41) is 9.87. The van der Waals surface area contributed by atoms with Crippen molar-refractivity contribution in [1.82, 2.24) is 0 Å². The van der Waals surface area contributed by atoms with Crippen molar-refractivity contribution in [1.29, 1.82) is 0 Å². The van der Waals surface area contributed by atoms with Crippen molar-refractivity contribution in [2.24, 2.45) is 0 Å². The van der Waals surface area contributed by atoms with Gasteiger partial charge in [-0.05, 0) is 35.9 Å². The third-order valence-corrected chi connectivity index (χ3v) is 2.78. The van der Waals surface area contributed by atoms with Gasteiger partial charge in [0, 0.05) is 10.6 Å². The number of phenolic OH excluding ortho intramolecular Hbond substituents is 1. The van der Waals surface area contributed by atoms with E-state index in [-0.39, 0.29) is 21.9 Å². The molecule has 0 aliphatic rings. The molecule has 0 fully saturated rings. The van der Waals surface area contributed by atoms with Gasteiger partial charge < -0.3 is 5.11 Å². The molecule has 100 valence electrons. The summed E-state index contributed by atoms with van der Waals surface area (Å²) in [5.41, 5.74) is -1.24. The van der Waals surface area contributed by atoms with Crippen LogP contribution in [0.15, 0.2) is 36.4 Å². The predicted molar refractivity (Wildman–Crippen MR) is 63.5 cm³/mol. The molecule has 0 spiro atoms. The third-order valence-electron chi connectivity index (χ3n) is 2.54. The van der Waals surface area contributed by atoms with E-state index >= 15 is 0 Å². The molecule has 0 aromatic heterocycles. The van der Waals surface area contributed by atoms with E-state index in [1.807, 2.05) is 0 Å². The lowest BCUT2D eigenvalue weighted by Crippen LogP contribution is -2.08. The maximum absolute atomic E-state index is 13.2. The molecule has 0 amide bonds. The fourth-order valence-electron chi connectivity index (χ4n) is 1.65. The first-order valence-electron chi connectivity index (χ1n) is 5.14. The molecule has 0 aliphatic carbocycles. The first kappa shape index (κ1) is 13.7. The van der Waals surface area contributed by atoms with Crippen molar-refractivity contribution in [2.45, 2.75) is 6.18 Å². The van der Waals surface area contributed by atoms with E-state index in [9.17, 15) is 22.7 Å². The van der Waals surface area contributed by atoms with Crippen LogP contribution < -0.4 is 0 Å². The van der Waals surface area contributed by atoms with Gasteiger partial charge in [-0.25, -0.2) is 4.39 Å². The molecule has 0 unspecified atom stereocenters. The molecule has 2 rings (SSSR count). The molecule has 1 nitrogen and oxygen atoms in total. The first-order valence-corrected chi connectivity index (χ1v) is 5.52. The summed E-state index contributed by atoms with van der Waals surface area (Å²) < 4.78 is 50.9. The molecule has 6 heteroatoms. The van der Waals surface area contributed by atoms with Gasteiger partial charge in [0.15, 0.2) is 0 Å². The van der Waals surface area contributed by atoms with Crippen LogP contribution >= 0.6 is 11.6 Å². The molecule has 0 saturated heterocycles. The van der Waals surface area contributed by atoms with Crippen LogP contribution in [0.4, 0.5) is 17.6 Å². The summed E-state index contributed by atoms with van der Waals surface area (Å²) in [6, 6.07) is 6.46. The molecule has 0 radical (unpaired) electrons. The fourth-order valence-corrected chi connectivity index (χ4v) is 1.82. The summed E-state index contributed by atoms with van der Waals surface area (Å²) in [6.45, 7) is 0. The Balaban J connectivity index is 2.61. The minimum Gasteiger partial charge on any atom is -0.507 e. The van der Waals surface area contributed by atoms with E-state index in [0.29, 0.717) is 12.1 Å². The van der Waals surface area contributed by atoms with Crippen LogP contribution in [0.25, 0.3) is 11.1 Å². The lowest BCUT2D eigenvalue weighted by molar-refractivity contribution is -0.139. The van der Waals surface area contributed by atoms with Crippen molar-refractivity contribution in [3.8, 4) is 16.9 Å². The van der Waals surface area contributed by atoms with Gasteiger partial charge in [0.2, 0.25) is 0 Å². The van der Waals surface area contributed by atoms with Gasteiger partial charge in [0.1, 0.15) is 11.6 Å². The van der Waals surface area contributed by atoms with E-state index in [4.69, 9.17) is 11.6 Å². The topological polar surface area (TPSA) is 20.2 Å². The van der Waals surface area contributed by atoms with Crippen LogP contribution in [0.2, 0.25) is 5.02 Å². The highest BCUT2D eigenvalue weighted by molar-refractivity contribution is 6.31. The average Bonchev–Trinajstić information content (AvgIpc) is 2.31. The molecule has 0 bridgehead atoms. The number of halogens is 5. The van der Waals surface area contributed by atoms with Gasteiger partial charge in [0.05, 0.1) is 5.56 Å². The van der Waals surface area contributed by atoms with Gasteiger partial charge in [0.25, 0.3) is 0 Å². The van der Waals surface area contributed by atoms with E-state index in [1.54, 1.807) is 0 Å². The van der Waals surface area contributed by atoms with Crippen LogP contribution in [0, 0.1) is 5.82 Å². The van der Waals surface area contributed by atoms with Gasteiger partial charge in [-0.3, -0.25) is 0 Å². The zero-order valence-electron chi connectivity index (χ0n) is 9.30. The number of alkyl halides is 3. The highest BCUT2D eigenvalue weighted by Crippen LogP contribution is 2.37. The highest BCUT2D eigenvalue weighted by atomic mass is 35.5. The Morgan fingerprint density at radius 2 is 1.68 bits per heavy atom. The molecule has 19 heavy (non-hydrogen) atoms. The normalized spacial score (nSPS) is 11.6. The van der Waals surface area contributed by atoms with Crippen molar-refractivity contribution in [3.63, 3.8) is 0 Å². The standard InChI is InChI=1S/C13H7ClF4O/c14-8-2-4-12(19)9(6-8)7-1-3-11(15)10(5-7)13(16,17)18/h1-6,19H. The Kier molecular flexibility index (Phi) is 3.41. The Labute approximate surface area is 111 Å². The zero-order chi connectivity index (χ0) is 14.2. The molecule has 0 atom stereocenters. The quantitative estimate of drug-likeness (QED) is 0.743. The Bertz CT molecular complexity index is 623. The summed E-state index contributed by atoms with van der Waals surface area (Å²) >= 11 is 5.72. The van der Waals surface area contributed by atoms with Crippen molar-refractivity contribution >= 4 is 11.6 Å². The van der Waals surface area contributed by atoms with Crippen molar-refractivity contribution < 1.29 is 22.7 Å². The summed E-state index contributed by atoms with van der Waals surface area (Å²) in [6.07, 6.45) is -4.80. The number of aromatic hydroxyl groups is 1. The van der Waals surface area contributed by atoms with Gasteiger partial charge in [-0.2, -0.15) is 13.2 Å². The molecule has 1 N–H and O–H groups in total. The predicted octanol–water partition coefficient (Wildman–Crippen LogP) is 4.87. The Morgan fingerprint density at radius 3 is 2.32 bits per heavy atom. The molecular formula is C13H7ClF4O. The van der Waals surface area contributed by atoms with E-state index in [2.05, 4.69) is 0 Å². The second-order valence-electron chi connectivity index (χ2n) is 3.85. The molecule has 2 aromatic rings. The Morgan fingerprint density at radius 1 is 1.00 bits per heavy atom. The molecule has 0 saturated carbocycles. The second-order valence-corrected chi connectivity index (χ2v) is 4.29. The Hall–Kier alpha value is -1.75. The number of rotatable bonds is 1. The van der Waals surface area contributed by atoms with E-state index < -0.39 is 17.6 Å². The minimum absolute atomic E-state index is 0.0359. The summed E-state index contributed by atoms with van der Waals surface area (Å²) in [4.78, 5) is 0. The van der Waals surface area contributed by atoms with E-state index in [0.717, 1.165) is 6.07 Å². The van der Waals surface area contributed by atoms with Crippen LogP contribution in [0.5, 0.6) is 5.75 Å². The maximum atomic E-state index is 13.2. The lowest BCUT2D eigenvalue weighted by Gasteiger charge is -2.11.